The summed E-state index contributed by atoms with van der Waals surface area (Å²) in [4.78, 5) is 22.8. The fraction of sp³-hybridized carbons (Fsp3) is 0.688. The summed E-state index contributed by atoms with van der Waals surface area (Å²) in [6, 6.07) is 1.93. The topological polar surface area (TPSA) is 81.3 Å². The van der Waals surface area contributed by atoms with Gasteiger partial charge in [-0.1, -0.05) is 0 Å². The number of halogens is 1. The third-order valence-corrected chi connectivity index (χ3v) is 3.59. The number of likely N-dealkylation sites (tertiary alicyclic amines) is 1. The lowest BCUT2D eigenvalue weighted by molar-refractivity contribution is 0.0197. The van der Waals surface area contributed by atoms with Gasteiger partial charge in [-0.05, 0) is 46.2 Å². The molecule has 1 aromatic rings. The Morgan fingerprint density at radius 1 is 1.48 bits per heavy atom. The number of nitrogens with zero attached hydrogens (tertiary/aromatic N) is 3. The van der Waals surface area contributed by atoms with Gasteiger partial charge in [-0.3, -0.25) is 0 Å². The van der Waals surface area contributed by atoms with Crippen LogP contribution in [0.15, 0.2) is 12.3 Å². The zero-order chi connectivity index (χ0) is 16.2. The van der Waals surface area contributed by atoms with Crippen LogP contribution in [0.3, 0.4) is 0 Å². The predicted molar refractivity (Wildman–Crippen MR) is 91.8 cm³/mol. The van der Waals surface area contributed by atoms with Gasteiger partial charge < -0.3 is 15.4 Å². The van der Waals surface area contributed by atoms with Gasteiger partial charge in [0.25, 0.3) is 0 Å². The molecule has 1 unspecified atom stereocenters. The standard InChI is InChI=1S/C16H26N4O2.ClH/c1-16(2,3)22-15(21)20-10-4-5-12(11-20)13-7-9-18-14(19-13)6-8-17;/h7,9,12H,4-6,8,10-11,17H2,1-3H3;1H. The Morgan fingerprint density at radius 3 is 2.87 bits per heavy atom. The zero-order valence-electron chi connectivity index (χ0n) is 14.1. The number of amides is 1. The van der Waals surface area contributed by atoms with Crippen LogP contribution in [0.4, 0.5) is 4.79 Å². The summed E-state index contributed by atoms with van der Waals surface area (Å²) < 4.78 is 5.46. The quantitative estimate of drug-likeness (QED) is 0.912. The molecule has 0 aliphatic carbocycles. The van der Waals surface area contributed by atoms with E-state index in [1.54, 1.807) is 11.1 Å². The van der Waals surface area contributed by atoms with Crippen LogP contribution in [0, 0.1) is 0 Å². The van der Waals surface area contributed by atoms with E-state index in [2.05, 4.69) is 9.97 Å². The maximum Gasteiger partial charge on any atom is 0.410 e. The molecule has 23 heavy (non-hydrogen) atoms. The highest BCUT2D eigenvalue weighted by Crippen LogP contribution is 2.26. The number of carbonyl (C=O) groups excluding carboxylic acids is 1. The van der Waals surface area contributed by atoms with Crippen LogP contribution in [-0.4, -0.2) is 46.2 Å². The molecule has 1 fully saturated rings. The average molecular weight is 343 g/mol. The van der Waals surface area contributed by atoms with Crippen LogP contribution in [0.5, 0.6) is 0 Å². The van der Waals surface area contributed by atoms with Crippen molar-refractivity contribution in [2.45, 2.75) is 51.6 Å². The number of hydrogen-bond acceptors (Lipinski definition) is 5. The maximum atomic E-state index is 12.2. The second-order valence-corrected chi connectivity index (χ2v) is 6.70. The summed E-state index contributed by atoms with van der Waals surface area (Å²) in [5.74, 6) is 1.01. The molecule has 6 nitrogen and oxygen atoms in total. The van der Waals surface area contributed by atoms with Gasteiger partial charge in [-0.25, -0.2) is 14.8 Å². The lowest BCUT2D eigenvalue weighted by Gasteiger charge is -2.34. The molecule has 130 valence electrons. The first-order chi connectivity index (χ1) is 10.4. The van der Waals surface area contributed by atoms with Crippen LogP contribution in [0.2, 0.25) is 0 Å². The Balaban J connectivity index is 0.00000264. The molecule has 2 heterocycles. The van der Waals surface area contributed by atoms with E-state index in [0.29, 0.717) is 19.5 Å². The van der Waals surface area contributed by atoms with Gasteiger partial charge in [0.15, 0.2) is 0 Å². The summed E-state index contributed by atoms with van der Waals surface area (Å²) in [5, 5.41) is 0. The van der Waals surface area contributed by atoms with E-state index < -0.39 is 5.60 Å². The normalized spacial score (nSPS) is 18.3. The molecule has 2 rings (SSSR count). The number of carbonyl (C=O) groups is 1. The van der Waals surface area contributed by atoms with Crippen molar-refractivity contribution < 1.29 is 9.53 Å². The molecule has 2 N–H and O–H groups in total. The third-order valence-electron chi connectivity index (χ3n) is 3.59. The van der Waals surface area contributed by atoms with Crippen molar-refractivity contribution >= 4 is 18.5 Å². The number of rotatable bonds is 3. The number of ether oxygens (including phenoxy) is 1. The minimum absolute atomic E-state index is 0. The fourth-order valence-electron chi connectivity index (χ4n) is 2.60. The molecule has 0 radical (unpaired) electrons. The highest BCUT2D eigenvalue weighted by molar-refractivity contribution is 5.85. The van der Waals surface area contributed by atoms with Crippen molar-refractivity contribution in [1.82, 2.24) is 14.9 Å². The molecule has 0 bridgehead atoms. The van der Waals surface area contributed by atoms with Crippen molar-refractivity contribution in [2.24, 2.45) is 5.73 Å². The molecule has 1 aromatic heterocycles. The van der Waals surface area contributed by atoms with Crippen LogP contribution in [-0.2, 0) is 11.2 Å². The Hall–Kier alpha value is -1.40. The smallest absolute Gasteiger partial charge is 0.410 e. The zero-order valence-corrected chi connectivity index (χ0v) is 14.9. The molecule has 1 aliphatic heterocycles. The second-order valence-electron chi connectivity index (χ2n) is 6.70. The Bertz CT molecular complexity index is 519. The molecule has 0 spiro atoms. The van der Waals surface area contributed by atoms with Crippen LogP contribution in [0.1, 0.15) is 51.0 Å². The van der Waals surface area contributed by atoms with Crippen LogP contribution < -0.4 is 5.73 Å². The minimum atomic E-state index is -0.465. The van der Waals surface area contributed by atoms with Crippen molar-refractivity contribution in [3.8, 4) is 0 Å². The monoisotopic (exact) mass is 342 g/mol. The molecule has 7 heteroatoms. The number of piperidine rings is 1. The summed E-state index contributed by atoms with van der Waals surface area (Å²) in [7, 11) is 0. The first-order valence-corrected chi connectivity index (χ1v) is 7.89. The van der Waals surface area contributed by atoms with Gasteiger partial charge in [-0.15, -0.1) is 12.4 Å². The summed E-state index contributed by atoms with van der Waals surface area (Å²) >= 11 is 0. The highest BCUT2D eigenvalue weighted by Gasteiger charge is 2.29. The summed E-state index contributed by atoms with van der Waals surface area (Å²) in [6.07, 6.45) is 4.20. The van der Waals surface area contributed by atoms with Gasteiger partial charge in [0.05, 0.1) is 0 Å². The minimum Gasteiger partial charge on any atom is -0.444 e. The lowest BCUT2D eigenvalue weighted by atomic mass is 9.95. The van der Waals surface area contributed by atoms with Gasteiger partial charge in [-0.2, -0.15) is 0 Å². The highest BCUT2D eigenvalue weighted by atomic mass is 35.5. The predicted octanol–water partition coefficient (Wildman–Crippen LogP) is 2.51. The molecule has 1 amide bonds. The van der Waals surface area contributed by atoms with E-state index in [0.717, 1.165) is 30.9 Å². The molecule has 0 saturated carbocycles. The molecular weight excluding hydrogens is 316 g/mol. The molecule has 1 atom stereocenters. The van der Waals surface area contributed by atoms with Crippen molar-refractivity contribution in [2.75, 3.05) is 19.6 Å². The maximum absolute atomic E-state index is 12.2. The van der Waals surface area contributed by atoms with Crippen molar-refractivity contribution in [1.29, 1.82) is 0 Å². The van der Waals surface area contributed by atoms with Crippen molar-refractivity contribution in [3.63, 3.8) is 0 Å². The van der Waals surface area contributed by atoms with Gasteiger partial charge >= 0.3 is 6.09 Å². The Morgan fingerprint density at radius 2 is 2.22 bits per heavy atom. The molecule has 1 aliphatic rings. The molecule has 1 saturated heterocycles. The average Bonchev–Trinajstić information content (AvgIpc) is 2.46. The second kappa shape index (κ2) is 8.45. The van der Waals surface area contributed by atoms with E-state index >= 15 is 0 Å². The molecular formula is C16H27ClN4O2. The summed E-state index contributed by atoms with van der Waals surface area (Å²) in [6.45, 7) is 7.58. The van der Waals surface area contributed by atoms with Gasteiger partial charge in [0.2, 0.25) is 0 Å². The Kier molecular flexibility index (Phi) is 7.22. The van der Waals surface area contributed by atoms with E-state index in [1.165, 1.54) is 0 Å². The SMILES string of the molecule is CC(C)(C)OC(=O)N1CCCC(c2ccnc(CCN)n2)C1.Cl. The first-order valence-electron chi connectivity index (χ1n) is 7.89. The van der Waals surface area contributed by atoms with Crippen LogP contribution >= 0.6 is 12.4 Å². The van der Waals surface area contributed by atoms with Crippen molar-refractivity contribution in [3.05, 3.63) is 23.8 Å². The fourth-order valence-corrected chi connectivity index (χ4v) is 2.60. The van der Waals surface area contributed by atoms with Gasteiger partial charge in [0, 0.05) is 37.3 Å². The van der Waals surface area contributed by atoms with E-state index in [9.17, 15) is 4.79 Å². The Labute approximate surface area is 144 Å². The largest absolute Gasteiger partial charge is 0.444 e. The lowest BCUT2D eigenvalue weighted by Crippen LogP contribution is -2.42. The van der Waals surface area contributed by atoms with Gasteiger partial charge in [0.1, 0.15) is 11.4 Å². The van der Waals surface area contributed by atoms with E-state index in [1.807, 2.05) is 26.8 Å². The molecule has 0 aromatic carbocycles. The number of hydrogen-bond donors (Lipinski definition) is 1. The third kappa shape index (κ3) is 5.95. The van der Waals surface area contributed by atoms with Crippen LogP contribution in [0.25, 0.3) is 0 Å². The number of nitrogens with two attached hydrogens (primary N) is 1. The van der Waals surface area contributed by atoms with E-state index in [-0.39, 0.29) is 24.4 Å². The summed E-state index contributed by atoms with van der Waals surface area (Å²) in [5.41, 5.74) is 6.09. The number of aromatic nitrogens is 2. The van der Waals surface area contributed by atoms with E-state index in [4.69, 9.17) is 10.5 Å². The first kappa shape index (κ1) is 19.6.